The van der Waals surface area contributed by atoms with Crippen LogP contribution in [0.25, 0.3) is 10.9 Å². The molecule has 3 aromatic rings. The van der Waals surface area contributed by atoms with Gasteiger partial charge in [-0.2, -0.15) is 10.5 Å². The van der Waals surface area contributed by atoms with Gasteiger partial charge in [0.05, 0.1) is 28.4 Å². The van der Waals surface area contributed by atoms with E-state index in [1.54, 1.807) is 12.3 Å². The standard InChI is InChI=1S/C19H16N4S/c1-3-24(16-6-4-5-14(9-16)10-20)23-17-8-7-13(2)18-15(11-21)12-22-19(17)18/h3-9,12,22-23H,1-2H3. The molecule has 5 heteroatoms. The summed E-state index contributed by atoms with van der Waals surface area (Å²) in [6.45, 7) is 4.00. The van der Waals surface area contributed by atoms with Crippen molar-refractivity contribution in [3.63, 3.8) is 0 Å². The third-order valence-electron chi connectivity index (χ3n) is 3.84. The third kappa shape index (κ3) is 2.78. The van der Waals surface area contributed by atoms with Gasteiger partial charge in [0.2, 0.25) is 0 Å². The van der Waals surface area contributed by atoms with E-state index in [0.29, 0.717) is 11.1 Å². The van der Waals surface area contributed by atoms with Gasteiger partial charge >= 0.3 is 0 Å². The highest BCUT2D eigenvalue weighted by molar-refractivity contribution is 8.16. The lowest BCUT2D eigenvalue weighted by molar-refractivity contribution is 1.40. The Kier molecular flexibility index (Phi) is 4.37. The van der Waals surface area contributed by atoms with Crippen LogP contribution >= 0.6 is 10.7 Å². The maximum Gasteiger partial charge on any atom is 0.101 e. The molecule has 3 rings (SSSR count). The van der Waals surface area contributed by atoms with Crippen molar-refractivity contribution in [2.45, 2.75) is 18.7 Å². The molecule has 24 heavy (non-hydrogen) atoms. The first-order valence-corrected chi connectivity index (χ1v) is 8.77. The Hall–Kier alpha value is -3.02. The minimum absolute atomic E-state index is 0.342. The second-order valence-corrected chi connectivity index (χ2v) is 7.13. The Bertz CT molecular complexity index is 1030. The van der Waals surface area contributed by atoms with Crippen LogP contribution in [-0.2, 0) is 0 Å². The Morgan fingerprint density at radius 1 is 1.17 bits per heavy atom. The smallest absolute Gasteiger partial charge is 0.101 e. The van der Waals surface area contributed by atoms with Crippen LogP contribution in [-0.4, -0.2) is 10.4 Å². The van der Waals surface area contributed by atoms with Gasteiger partial charge in [-0.1, -0.05) is 22.8 Å². The predicted molar refractivity (Wildman–Crippen MR) is 100 cm³/mol. The lowest BCUT2D eigenvalue weighted by Gasteiger charge is -2.14. The highest BCUT2D eigenvalue weighted by Crippen LogP contribution is 2.34. The van der Waals surface area contributed by atoms with E-state index in [2.05, 4.69) is 27.2 Å². The van der Waals surface area contributed by atoms with Gasteiger partial charge in [0.15, 0.2) is 0 Å². The number of aromatic amines is 1. The summed E-state index contributed by atoms with van der Waals surface area (Å²) < 4.78 is 3.53. The number of anilines is 1. The van der Waals surface area contributed by atoms with Gasteiger partial charge in [-0.25, -0.2) is 0 Å². The molecule has 4 nitrogen and oxygen atoms in total. The van der Waals surface area contributed by atoms with E-state index in [1.165, 1.54) is 0 Å². The SMILES string of the molecule is C/C=S(/Nc1ccc(C)c2c(C#N)c[nH]c12)c1cccc(C#N)c1. The quantitative estimate of drug-likeness (QED) is 0.683. The van der Waals surface area contributed by atoms with Crippen molar-refractivity contribution >= 4 is 32.6 Å². The first kappa shape index (κ1) is 15.9. The summed E-state index contributed by atoms with van der Waals surface area (Å²) >= 11 is 0. The van der Waals surface area contributed by atoms with Crippen molar-refractivity contribution in [1.82, 2.24) is 4.98 Å². The number of rotatable bonds is 3. The molecular formula is C19H16N4S. The molecule has 0 fully saturated rings. The molecule has 118 valence electrons. The Balaban J connectivity index is 2.06. The molecule has 1 heterocycles. The lowest BCUT2D eigenvalue weighted by Crippen LogP contribution is -1.95. The number of hydrogen-bond acceptors (Lipinski definition) is 3. The van der Waals surface area contributed by atoms with E-state index in [4.69, 9.17) is 5.26 Å². The molecule has 0 spiro atoms. The van der Waals surface area contributed by atoms with Gasteiger partial charge in [0.25, 0.3) is 0 Å². The molecule has 1 atom stereocenters. The molecule has 1 aromatic heterocycles. The minimum atomic E-state index is -0.342. The fraction of sp³-hybridized carbons (Fsp3) is 0.105. The Labute approximate surface area is 143 Å². The van der Waals surface area contributed by atoms with Crippen LogP contribution in [0.4, 0.5) is 5.69 Å². The Morgan fingerprint density at radius 3 is 2.71 bits per heavy atom. The normalized spacial score (nSPS) is 11.8. The zero-order valence-electron chi connectivity index (χ0n) is 13.4. The number of H-pyrrole nitrogens is 1. The zero-order valence-corrected chi connectivity index (χ0v) is 14.2. The van der Waals surface area contributed by atoms with E-state index in [9.17, 15) is 5.26 Å². The summed E-state index contributed by atoms with van der Waals surface area (Å²) in [5, 5.41) is 21.4. The van der Waals surface area contributed by atoms with E-state index in [-0.39, 0.29) is 10.7 Å². The van der Waals surface area contributed by atoms with E-state index < -0.39 is 0 Å². The van der Waals surface area contributed by atoms with Crippen LogP contribution in [0.15, 0.2) is 47.5 Å². The Morgan fingerprint density at radius 2 is 2.00 bits per heavy atom. The number of fused-ring (bicyclic) bond motifs is 1. The maximum absolute atomic E-state index is 9.28. The average molecular weight is 332 g/mol. The highest BCUT2D eigenvalue weighted by Gasteiger charge is 2.11. The number of aromatic nitrogens is 1. The first-order chi connectivity index (χ1) is 11.7. The molecule has 0 aliphatic heterocycles. The van der Waals surface area contributed by atoms with Crippen molar-refractivity contribution < 1.29 is 0 Å². The number of aryl methyl sites for hydroxylation is 1. The minimum Gasteiger partial charge on any atom is -0.358 e. The summed E-state index contributed by atoms with van der Waals surface area (Å²) in [5.74, 6) is 0. The molecule has 0 saturated heterocycles. The molecule has 2 aromatic carbocycles. The number of nitrogens with one attached hydrogen (secondary N) is 2. The summed E-state index contributed by atoms with van der Waals surface area (Å²) in [6, 6.07) is 16.1. The van der Waals surface area contributed by atoms with Crippen LogP contribution in [0, 0.1) is 29.6 Å². The summed E-state index contributed by atoms with van der Waals surface area (Å²) in [5.41, 5.74) is 4.25. The largest absolute Gasteiger partial charge is 0.358 e. The molecule has 0 saturated carbocycles. The van der Waals surface area contributed by atoms with E-state index in [0.717, 1.165) is 27.0 Å². The highest BCUT2D eigenvalue weighted by atomic mass is 32.2. The lowest BCUT2D eigenvalue weighted by atomic mass is 10.1. The summed E-state index contributed by atoms with van der Waals surface area (Å²) in [6.07, 6.45) is 1.74. The second-order valence-electron chi connectivity index (χ2n) is 5.31. The molecule has 2 N–H and O–H groups in total. The molecule has 0 amide bonds. The third-order valence-corrected chi connectivity index (χ3v) is 5.51. The van der Waals surface area contributed by atoms with Crippen molar-refractivity contribution in [1.29, 1.82) is 10.5 Å². The van der Waals surface area contributed by atoms with Gasteiger partial charge in [0, 0.05) is 16.5 Å². The average Bonchev–Trinajstić information content (AvgIpc) is 3.06. The molecule has 0 radical (unpaired) electrons. The van der Waals surface area contributed by atoms with Gasteiger partial charge in [-0.3, -0.25) is 0 Å². The maximum atomic E-state index is 9.28. The summed E-state index contributed by atoms with van der Waals surface area (Å²) in [4.78, 5) is 4.26. The number of nitriles is 2. The molecule has 0 aliphatic rings. The van der Waals surface area contributed by atoms with Crippen LogP contribution in [0.1, 0.15) is 23.6 Å². The zero-order chi connectivity index (χ0) is 17.1. The molecule has 1 unspecified atom stereocenters. The molecule has 0 aliphatic carbocycles. The number of benzene rings is 2. The fourth-order valence-electron chi connectivity index (χ4n) is 2.67. The second kappa shape index (κ2) is 6.62. The van der Waals surface area contributed by atoms with Crippen molar-refractivity contribution in [2.75, 3.05) is 4.72 Å². The topological polar surface area (TPSA) is 75.4 Å². The van der Waals surface area contributed by atoms with Gasteiger partial charge in [0.1, 0.15) is 6.07 Å². The van der Waals surface area contributed by atoms with Gasteiger partial charge in [-0.05, 0) is 49.0 Å². The monoisotopic (exact) mass is 332 g/mol. The van der Waals surface area contributed by atoms with Crippen LogP contribution < -0.4 is 4.72 Å². The number of hydrogen-bond donors (Lipinski definition) is 2. The van der Waals surface area contributed by atoms with Crippen LogP contribution in [0.2, 0.25) is 0 Å². The number of nitrogens with zero attached hydrogens (tertiary/aromatic N) is 2. The predicted octanol–water partition coefficient (Wildman–Crippen LogP) is 4.70. The van der Waals surface area contributed by atoms with Crippen LogP contribution in [0.5, 0.6) is 0 Å². The van der Waals surface area contributed by atoms with E-state index >= 15 is 0 Å². The molecular weight excluding hydrogens is 316 g/mol. The first-order valence-electron chi connectivity index (χ1n) is 7.48. The van der Waals surface area contributed by atoms with Gasteiger partial charge in [-0.15, -0.1) is 0 Å². The fourth-order valence-corrected chi connectivity index (χ4v) is 4.06. The van der Waals surface area contributed by atoms with E-state index in [1.807, 2.05) is 44.2 Å². The van der Waals surface area contributed by atoms with Crippen molar-refractivity contribution in [2.24, 2.45) is 0 Å². The van der Waals surface area contributed by atoms with Crippen molar-refractivity contribution in [3.05, 3.63) is 59.3 Å². The van der Waals surface area contributed by atoms with Gasteiger partial charge < -0.3 is 9.71 Å². The van der Waals surface area contributed by atoms with Crippen LogP contribution in [0.3, 0.4) is 0 Å². The molecule has 0 bridgehead atoms. The summed E-state index contributed by atoms with van der Waals surface area (Å²) in [7, 11) is -0.342. The van der Waals surface area contributed by atoms with Crippen molar-refractivity contribution in [3.8, 4) is 12.1 Å².